The molecule has 0 N–H and O–H groups in total. The molecule has 0 aromatic heterocycles. The summed E-state index contributed by atoms with van der Waals surface area (Å²) in [6.45, 7) is 2.81. The molecule has 4 heteroatoms. The fourth-order valence-corrected chi connectivity index (χ4v) is 2.32. The van der Waals surface area contributed by atoms with Crippen LogP contribution in [-0.2, 0) is 16.1 Å². The summed E-state index contributed by atoms with van der Waals surface area (Å²) in [4.78, 5) is 18.5. The van der Waals surface area contributed by atoms with Crippen molar-refractivity contribution in [2.45, 2.75) is 13.5 Å². The second kappa shape index (κ2) is 6.77. The predicted octanol–water partition coefficient (Wildman–Crippen LogP) is 2.71. The van der Waals surface area contributed by atoms with Crippen molar-refractivity contribution in [1.29, 1.82) is 0 Å². The second-order valence-corrected chi connectivity index (χ2v) is 4.95. The highest BCUT2D eigenvalue weighted by molar-refractivity contribution is 6.10. The van der Waals surface area contributed by atoms with E-state index in [1.807, 2.05) is 62.9 Å². The van der Waals surface area contributed by atoms with E-state index in [0.717, 1.165) is 11.5 Å². The third-order valence-electron chi connectivity index (χ3n) is 3.36. The summed E-state index contributed by atoms with van der Waals surface area (Å²) in [5, 5.41) is 0. The van der Waals surface area contributed by atoms with Gasteiger partial charge in [-0.2, -0.15) is 4.99 Å². The van der Waals surface area contributed by atoms with Crippen LogP contribution in [0.25, 0.3) is 0 Å². The Kier molecular flexibility index (Phi) is 4.56. The number of allylic oxidation sites excluding steroid dienone is 1. The van der Waals surface area contributed by atoms with Crippen molar-refractivity contribution >= 4 is 11.9 Å². The van der Waals surface area contributed by atoms with E-state index in [1.54, 1.807) is 11.0 Å². The molecule has 0 spiro atoms. The largest absolute Gasteiger partial charge is 0.465 e. The highest BCUT2D eigenvalue weighted by atomic mass is 16.5. The maximum Gasteiger partial charge on any atom is 0.300 e. The van der Waals surface area contributed by atoms with Crippen LogP contribution in [0.1, 0.15) is 12.5 Å². The maximum atomic E-state index is 12.6. The van der Waals surface area contributed by atoms with Gasteiger partial charge < -0.3 is 4.74 Å². The fraction of sp³-hybridized carbons (Fsp3) is 0.167. The zero-order valence-electron chi connectivity index (χ0n) is 12.4. The molecule has 1 saturated carbocycles. The Morgan fingerprint density at radius 2 is 1.91 bits per heavy atom. The van der Waals surface area contributed by atoms with Gasteiger partial charge in [0.15, 0.2) is 0 Å². The van der Waals surface area contributed by atoms with E-state index in [9.17, 15) is 4.79 Å². The minimum absolute atomic E-state index is 0.131. The molecule has 3 rings (SSSR count). The number of hydrogen-bond donors (Lipinski definition) is 0. The molecular weight excluding hydrogens is 276 g/mol. The van der Waals surface area contributed by atoms with E-state index in [-0.39, 0.29) is 5.91 Å². The Hall–Kier alpha value is -2.10. The number of nitrogens with zero attached hydrogens (tertiary/aromatic N) is 2. The molecule has 1 aromatic carbocycles. The highest BCUT2D eigenvalue weighted by Crippen LogP contribution is 2.28. The van der Waals surface area contributed by atoms with Gasteiger partial charge in [-0.1, -0.05) is 30.3 Å². The third-order valence-corrected chi connectivity index (χ3v) is 3.36. The first-order valence-electron chi connectivity index (χ1n) is 7.28. The minimum Gasteiger partial charge on any atom is -0.465 e. The molecule has 22 heavy (non-hydrogen) atoms. The minimum atomic E-state index is -0.131. The Morgan fingerprint density at radius 1 is 1.18 bits per heavy atom. The van der Waals surface area contributed by atoms with E-state index in [0.29, 0.717) is 24.9 Å². The van der Waals surface area contributed by atoms with Crippen molar-refractivity contribution in [3.05, 3.63) is 79.3 Å². The lowest BCUT2D eigenvalue weighted by molar-refractivity contribution is -0.123. The molecule has 0 bridgehead atoms. The second-order valence-electron chi connectivity index (χ2n) is 4.95. The SMILES string of the molecule is CCOC1=N/C(=C\[C]2[CH][CH][CH][CH]2)C(=O)N1Cc1ccccc1. The van der Waals surface area contributed by atoms with Crippen molar-refractivity contribution in [2.24, 2.45) is 4.99 Å². The standard InChI is InChI=1S/C18H17N2O2/c1-2-22-18-19-16(12-14-8-6-7-9-14)17(21)20(18)13-15-10-4-3-5-11-15/h3-12H,2,13H2,1H3/b16-12-. The molecule has 4 nitrogen and oxygen atoms in total. The van der Waals surface area contributed by atoms with Crippen LogP contribution in [0.5, 0.6) is 0 Å². The topological polar surface area (TPSA) is 41.9 Å². The average molecular weight is 293 g/mol. The van der Waals surface area contributed by atoms with Gasteiger partial charge in [-0.05, 0) is 44.2 Å². The number of amides is 1. The molecule has 1 aliphatic heterocycles. The number of hydrogen-bond acceptors (Lipinski definition) is 3. The first-order valence-corrected chi connectivity index (χ1v) is 7.28. The monoisotopic (exact) mass is 293 g/mol. The van der Waals surface area contributed by atoms with Crippen LogP contribution >= 0.6 is 0 Å². The zero-order valence-corrected chi connectivity index (χ0v) is 12.4. The summed E-state index contributed by atoms with van der Waals surface area (Å²) in [5.74, 6) is 0.831. The van der Waals surface area contributed by atoms with E-state index < -0.39 is 0 Å². The smallest absolute Gasteiger partial charge is 0.300 e. The molecule has 1 amide bonds. The van der Waals surface area contributed by atoms with Crippen LogP contribution in [0.4, 0.5) is 0 Å². The van der Waals surface area contributed by atoms with Crippen molar-refractivity contribution in [3.63, 3.8) is 0 Å². The molecule has 1 heterocycles. The number of carbonyl (C=O) groups excluding carboxylic acids is 1. The van der Waals surface area contributed by atoms with Gasteiger partial charge in [0, 0.05) is 5.92 Å². The summed E-state index contributed by atoms with van der Waals surface area (Å²) in [6.07, 6.45) is 9.53. The molecule has 0 unspecified atom stereocenters. The van der Waals surface area contributed by atoms with Gasteiger partial charge in [-0.15, -0.1) is 0 Å². The van der Waals surface area contributed by atoms with Gasteiger partial charge in [0.25, 0.3) is 11.9 Å². The Balaban J connectivity index is 1.80. The number of aliphatic imine (C=N–C) groups is 1. The first-order chi connectivity index (χ1) is 10.8. The van der Waals surface area contributed by atoms with Gasteiger partial charge in [0.2, 0.25) is 0 Å². The molecule has 0 atom stereocenters. The summed E-state index contributed by atoms with van der Waals surface area (Å²) < 4.78 is 5.52. The molecule has 1 aliphatic carbocycles. The summed E-state index contributed by atoms with van der Waals surface area (Å²) >= 11 is 0. The lowest BCUT2D eigenvalue weighted by Crippen LogP contribution is -2.33. The van der Waals surface area contributed by atoms with E-state index in [1.165, 1.54) is 0 Å². The van der Waals surface area contributed by atoms with Gasteiger partial charge in [-0.25, -0.2) is 0 Å². The molecule has 1 aromatic rings. The van der Waals surface area contributed by atoms with Gasteiger partial charge in [0.1, 0.15) is 5.70 Å². The van der Waals surface area contributed by atoms with Crippen LogP contribution < -0.4 is 0 Å². The average Bonchev–Trinajstić information content (AvgIpc) is 3.13. The van der Waals surface area contributed by atoms with Crippen molar-refractivity contribution in [1.82, 2.24) is 4.90 Å². The zero-order chi connectivity index (χ0) is 15.4. The highest BCUT2D eigenvalue weighted by Gasteiger charge is 2.32. The number of amidine groups is 1. The summed E-state index contributed by atoms with van der Waals surface area (Å²) in [5.41, 5.74) is 1.45. The molecule has 1 fully saturated rings. The van der Waals surface area contributed by atoms with E-state index in [4.69, 9.17) is 4.74 Å². The fourth-order valence-electron chi connectivity index (χ4n) is 2.32. The van der Waals surface area contributed by atoms with Crippen molar-refractivity contribution in [3.8, 4) is 0 Å². The van der Waals surface area contributed by atoms with Crippen LogP contribution in [0, 0.1) is 31.6 Å². The Labute approximate surface area is 131 Å². The van der Waals surface area contributed by atoms with Crippen LogP contribution in [-0.4, -0.2) is 23.4 Å². The first kappa shape index (κ1) is 14.8. The Bertz CT molecular complexity index is 586. The number of carbonyl (C=O) groups is 1. The number of benzene rings is 1. The molecule has 2 aliphatic rings. The molecule has 111 valence electrons. The van der Waals surface area contributed by atoms with Crippen molar-refractivity contribution in [2.75, 3.05) is 6.61 Å². The van der Waals surface area contributed by atoms with Gasteiger partial charge in [0.05, 0.1) is 13.2 Å². The van der Waals surface area contributed by atoms with E-state index >= 15 is 0 Å². The molecule has 0 saturated heterocycles. The maximum absolute atomic E-state index is 12.6. The summed E-state index contributed by atoms with van der Waals surface area (Å²) in [6, 6.07) is 10.2. The lowest BCUT2D eigenvalue weighted by atomic mass is 10.1. The van der Waals surface area contributed by atoms with Crippen LogP contribution in [0.3, 0.4) is 0 Å². The van der Waals surface area contributed by atoms with E-state index in [2.05, 4.69) is 4.99 Å². The number of rotatable bonds is 4. The van der Waals surface area contributed by atoms with Gasteiger partial charge >= 0.3 is 0 Å². The summed E-state index contributed by atoms with van der Waals surface area (Å²) in [7, 11) is 0. The molecular formula is C18H17N2O2. The van der Waals surface area contributed by atoms with Gasteiger partial charge in [-0.3, -0.25) is 9.69 Å². The lowest BCUT2D eigenvalue weighted by Gasteiger charge is -2.17. The quantitative estimate of drug-likeness (QED) is 0.801. The third kappa shape index (κ3) is 3.21. The molecule has 5 radical (unpaired) electrons. The number of ether oxygens (including phenoxy) is 1. The van der Waals surface area contributed by atoms with Crippen molar-refractivity contribution < 1.29 is 9.53 Å². The normalized spacial score (nSPS) is 20.8. The predicted molar refractivity (Wildman–Crippen MR) is 84.6 cm³/mol. The van der Waals surface area contributed by atoms with Crippen LogP contribution in [0.15, 0.2) is 47.1 Å². The van der Waals surface area contributed by atoms with Crippen LogP contribution in [0.2, 0.25) is 0 Å². The Morgan fingerprint density at radius 3 is 2.59 bits per heavy atom.